The number of halogens is 1. The van der Waals surface area contributed by atoms with Crippen molar-refractivity contribution >= 4 is 57.7 Å². The van der Waals surface area contributed by atoms with Crippen LogP contribution in [-0.2, 0) is 24.4 Å². The van der Waals surface area contributed by atoms with E-state index in [1.54, 1.807) is 22.5 Å². The number of aromatic nitrogens is 1. The number of nitrogens with one attached hydrogen (secondary N) is 1. The number of nitrogens with zero attached hydrogens (tertiary/aromatic N) is 3. The van der Waals surface area contributed by atoms with Gasteiger partial charge in [-0.05, 0) is 49.1 Å². The van der Waals surface area contributed by atoms with Gasteiger partial charge in [0.2, 0.25) is 0 Å². The van der Waals surface area contributed by atoms with Crippen molar-refractivity contribution in [1.82, 2.24) is 9.47 Å². The molecule has 1 amide bonds. The zero-order valence-electron chi connectivity index (χ0n) is 22.1. The molecule has 0 spiro atoms. The van der Waals surface area contributed by atoms with Crippen LogP contribution in [0.3, 0.4) is 0 Å². The van der Waals surface area contributed by atoms with Gasteiger partial charge in [0.15, 0.2) is 0 Å². The van der Waals surface area contributed by atoms with Crippen molar-refractivity contribution in [2.24, 2.45) is 0 Å². The Hall–Kier alpha value is -3.38. The number of anilines is 1. The molecule has 1 N–H and O–H groups in total. The zero-order chi connectivity index (χ0) is 28.1. The molecule has 39 heavy (non-hydrogen) atoms. The third-order valence-corrected chi connectivity index (χ3v) is 8.37. The van der Waals surface area contributed by atoms with E-state index in [4.69, 9.17) is 23.8 Å². The van der Waals surface area contributed by atoms with Gasteiger partial charge in [0.05, 0.1) is 11.4 Å². The normalized spacial score (nSPS) is 14.2. The fourth-order valence-electron chi connectivity index (χ4n) is 4.35. The number of carbonyl (C=O) groups is 1. The van der Waals surface area contributed by atoms with E-state index in [2.05, 4.69) is 11.4 Å². The molecule has 1 aliphatic rings. The lowest BCUT2D eigenvalue weighted by Crippen LogP contribution is -2.28. The minimum absolute atomic E-state index is 0.0655. The van der Waals surface area contributed by atoms with Gasteiger partial charge in [-0.2, -0.15) is 5.26 Å². The zero-order valence-corrected chi connectivity index (χ0v) is 24.5. The number of hydrogen-bond acceptors (Lipinski definition) is 6. The Labute approximate surface area is 243 Å². The summed E-state index contributed by atoms with van der Waals surface area (Å²) < 4.78 is 2.07. The lowest BCUT2D eigenvalue weighted by molar-refractivity contribution is -0.122. The first-order valence-corrected chi connectivity index (χ1v) is 14.3. The summed E-state index contributed by atoms with van der Waals surface area (Å²) in [7, 11) is 0. The molecule has 200 valence electrons. The standard InChI is InChI=1S/C30H29ClN4O2S2/c1-4-5-14-34-27(33-17-22-8-6-7-9-25(22)31)23(20(3)24(16-32)28(34)36)15-26-29(37)35(30(38)39-26)18-21-12-10-19(2)11-13-21/h6-13,15,33H,4-5,14,17-18H2,1-3H3/b26-15+. The molecular formula is C30H29ClN4O2S2. The van der Waals surface area contributed by atoms with Crippen molar-refractivity contribution in [3.05, 3.63) is 102 Å². The van der Waals surface area contributed by atoms with Crippen molar-refractivity contribution in [3.8, 4) is 6.07 Å². The smallest absolute Gasteiger partial charge is 0.270 e. The van der Waals surface area contributed by atoms with Gasteiger partial charge in [0.25, 0.3) is 11.5 Å². The summed E-state index contributed by atoms with van der Waals surface area (Å²) in [4.78, 5) is 28.9. The first kappa shape index (κ1) is 28.6. The Morgan fingerprint density at radius 1 is 1.13 bits per heavy atom. The molecule has 2 heterocycles. The van der Waals surface area contributed by atoms with Crippen molar-refractivity contribution in [2.45, 2.75) is 53.2 Å². The third-order valence-electron chi connectivity index (χ3n) is 6.62. The topological polar surface area (TPSA) is 78.1 Å². The highest BCUT2D eigenvalue weighted by atomic mass is 35.5. The summed E-state index contributed by atoms with van der Waals surface area (Å²) in [6.07, 6.45) is 3.38. The average molecular weight is 577 g/mol. The maximum atomic E-state index is 13.5. The summed E-state index contributed by atoms with van der Waals surface area (Å²) >= 11 is 13.2. The SMILES string of the molecule is CCCCn1c(NCc2ccccc2Cl)c(/C=C2/SC(=S)N(Cc3ccc(C)cc3)C2=O)c(C)c(C#N)c1=O. The molecule has 1 fully saturated rings. The summed E-state index contributed by atoms with van der Waals surface area (Å²) in [5.41, 5.74) is 3.83. The number of pyridine rings is 1. The summed E-state index contributed by atoms with van der Waals surface area (Å²) in [6.45, 7) is 6.97. The number of thioether (sulfide) groups is 1. The number of amides is 1. The van der Waals surface area contributed by atoms with Crippen molar-refractivity contribution in [3.63, 3.8) is 0 Å². The molecular weight excluding hydrogens is 548 g/mol. The van der Waals surface area contributed by atoms with E-state index in [-0.39, 0.29) is 17.0 Å². The van der Waals surface area contributed by atoms with Gasteiger partial charge in [0.1, 0.15) is 21.8 Å². The van der Waals surface area contributed by atoms with Gasteiger partial charge in [-0.25, -0.2) is 0 Å². The number of benzene rings is 2. The van der Waals surface area contributed by atoms with Crippen LogP contribution in [0.5, 0.6) is 0 Å². The lowest BCUT2D eigenvalue weighted by Gasteiger charge is -2.20. The number of aryl methyl sites for hydroxylation is 1. The second kappa shape index (κ2) is 12.6. The van der Waals surface area contributed by atoms with Crippen LogP contribution >= 0.6 is 35.6 Å². The highest BCUT2D eigenvalue weighted by Crippen LogP contribution is 2.36. The Morgan fingerprint density at radius 3 is 2.51 bits per heavy atom. The summed E-state index contributed by atoms with van der Waals surface area (Å²) in [5, 5.41) is 13.9. The predicted octanol–water partition coefficient (Wildman–Crippen LogP) is 6.80. The van der Waals surface area contributed by atoms with Crippen molar-refractivity contribution in [1.29, 1.82) is 5.26 Å². The van der Waals surface area contributed by atoms with Crippen LogP contribution in [0.25, 0.3) is 6.08 Å². The van der Waals surface area contributed by atoms with Gasteiger partial charge in [-0.15, -0.1) is 0 Å². The van der Waals surface area contributed by atoms with Gasteiger partial charge < -0.3 is 5.32 Å². The maximum absolute atomic E-state index is 13.5. The van der Waals surface area contributed by atoms with Gasteiger partial charge in [-0.3, -0.25) is 19.1 Å². The Bertz CT molecular complexity index is 1550. The largest absolute Gasteiger partial charge is 0.367 e. The van der Waals surface area contributed by atoms with Crippen LogP contribution in [0.2, 0.25) is 5.02 Å². The molecule has 0 atom stereocenters. The Kier molecular flexibility index (Phi) is 9.28. The van der Waals surface area contributed by atoms with Gasteiger partial charge >= 0.3 is 0 Å². The quantitative estimate of drug-likeness (QED) is 0.223. The number of rotatable bonds is 9. The third kappa shape index (κ3) is 6.27. The molecule has 0 aliphatic carbocycles. The molecule has 6 nitrogen and oxygen atoms in total. The molecule has 0 radical (unpaired) electrons. The highest BCUT2D eigenvalue weighted by molar-refractivity contribution is 8.26. The maximum Gasteiger partial charge on any atom is 0.270 e. The van der Waals surface area contributed by atoms with E-state index in [9.17, 15) is 14.9 Å². The van der Waals surface area contributed by atoms with Gasteiger partial charge in [0, 0.05) is 23.7 Å². The summed E-state index contributed by atoms with van der Waals surface area (Å²) in [5.74, 6) is 0.348. The predicted molar refractivity (Wildman–Crippen MR) is 164 cm³/mol. The molecule has 0 unspecified atom stereocenters. The van der Waals surface area contributed by atoms with Crippen molar-refractivity contribution in [2.75, 3.05) is 5.32 Å². The molecule has 1 saturated heterocycles. The number of hydrogen-bond donors (Lipinski definition) is 1. The van der Waals surface area contributed by atoms with Crippen LogP contribution in [0.15, 0.2) is 58.2 Å². The molecule has 1 aromatic heterocycles. The van der Waals surface area contributed by atoms with E-state index in [1.165, 1.54) is 11.8 Å². The second-order valence-electron chi connectivity index (χ2n) is 9.38. The van der Waals surface area contributed by atoms with Crippen molar-refractivity contribution < 1.29 is 4.79 Å². The number of unbranched alkanes of at least 4 members (excludes halogenated alkanes) is 1. The van der Waals surface area contributed by atoms with Crippen LogP contribution in [0, 0.1) is 25.2 Å². The molecule has 9 heteroatoms. The minimum Gasteiger partial charge on any atom is -0.367 e. The van der Waals surface area contributed by atoms with Gasteiger partial charge in [-0.1, -0.05) is 97.0 Å². The molecule has 3 aromatic rings. The first-order chi connectivity index (χ1) is 18.7. The molecule has 0 saturated carbocycles. The van der Waals surface area contributed by atoms with E-state index >= 15 is 0 Å². The first-order valence-electron chi connectivity index (χ1n) is 12.7. The monoisotopic (exact) mass is 576 g/mol. The van der Waals surface area contributed by atoms with E-state index < -0.39 is 0 Å². The minimum atomic E-state index is -0.353. The Morgan fingerprint density at radius 2 is 1.85 bits per heavy atom. The second-order valence-corrected chi connectivity index (χ2v) is 11.5. The van der Waals surface area contributed by atoms with Crippen LogP contribution < -0.4 is 10.9 Å². The lowest BCUT2D eigenvalue weighted by atomic mass is 10.0. The van der Waals surface area contributed by atoms with E-state index in [0.29, 0.717) is 50.8 Å². The molecule has 4 rings (SSSR count). The molecule has 0 bridgehead atoms. The van der Waals surface area contributed by atoms with Crippen LogP contribution in [0.1, 0.15) is 53.1 Å². The highest BCUT2D eigenvalue weighted by Gasteiger charge is 2.33. The average Bonchev–Trinajstić information content (AvgIpc) is 3.18. The van der Waals surface area contributed by atoms with Crippen LogP contribution in [-0.4, -0.2) is 19.7 Å². The van der Waals surface area contributed by atoms with Crippen LogP contribution in [0.4, 0.5) is 5.82 Å². The molecule has 2 aromatic carbocycles. The fraction of sp³-hybridized carbons (Fsp3) is 0.267. The molecule has 1 aliphatic heterocycles. The number of carbonyl (C=O) groups excluding carboxylic acids is 1. The van der Waals surface area contributed by atoms with E-state index in [0.717, 1.165) is 29.5 Å². The number of nitriles is 1. The summed E-state index contributed by atoms with van der Waals surface area (Å²) in [6, 6.07) is 17.6. The fourth-order valence-corrected chi connectivity index (χ4v) is 5.79. The Balaban J connectivity index is 1.78. The van der Waals surface area contributed by atoms with E-state index in [1.807, 2.05) is 62.4 Å². The number of thiocarbonyl (C=S) groups is 1.